The molecule has 1 N–H and O–H groups in total. The highest BCUT2D eigenvalue weighted by Crippen LogP contribution is 2.27. The maximum atomic E-state index is 11.3. The van der Waals surface area contributed by atoms with Crippen molar-refractivity contribution >= 4 is 16.9 Å². The number of carbonyl (C=O) groups is 1. The topological polar surface area (TPSA) is 59.4 Å². The van der Waals surface area contributed by atoms with Crippen LogP contribution in [0, 0.1) is 5.92 Å². The van der Waals surface area contributed by atoms with Crippen LogP contribution in [0.3, 0.4) is 0 Å². The van der Waals surface area contributed by atoms with Crippen LogP contribution in [0.15, 0.2) is 30.3 Å². The Balaban J connectivity index is 1.88. The third-order valence-electron chi connectivity index (χ3n) is 3.86. The molecule has 4 nitrogen and oxygen atoms in total. The van der Waals surface area contributed by atoms with Crippen molar-refractivity contribution in [1.29, 1.82) is 0 Å². The van der Waals surface area contributed by atoms with Gasteiger partial charge in [-0.25, -0.2) is 9.78 Å². The molecule has 20 heavy (non-hydrogen) atoms. The molecule has 4 heteroatoms. The van der Waals surface area contributed by atoms with Gasteiger partial charge in [-0.05, 0) is 24.8 Å². The molecule has 1 fully saturated rings. The molecule has 0 atom stereocenters. The van der Waals surface area contributed by atoms with Crippen molar-refractivity contribution in [2.75, 3.05) is 6.61 Å². The van der Waals surface area contributed by atoms with Crippen LogP contribution < -0.4 is 4.74 Å². The molecular weight excluding hydrogens is 254 g/mol. The molecule has 104 valence electrons. The van der Waals surface area contributed by atoms with E-state index in [-0.39, 0.29) is 5.56 Å². The van der Waals surface area contributed by atoms with Gasteiger partial charge < -0.3 is 9.84 Å². The number of nitrogens with zero attached hydrogens (tertiary/aromatic N) is 1. The summed E-state index contributed by atoms with van der Waals surface area (Å²) in [7, 11) is 0. The molecule has 1 heterocycles. The van der Waals surface area contributed by atoms with Crippen molar-refractivity contribution in [2.45, 2.75) is 25.7 Å². The molecular formula is C16H17NO3. The predicted molar refractivity (Wildman–Crippen MR) is 76.2 cm³/mol. The molecule has 1 aliphatic rings. The molecule has 0 amide bonds. The number of carboxylic acid groups (broad SMARTS) is 1. The summed E-state index contributed by atoms with van der Waals surface area (Å²) in [6, 6.07) is 8.77. The maximum absolute atomic E-state index is 11.3. The number of hydrogen-bond donors (Lipinski definition) is 1. The van der Waals surface area contributed by atoms with E-state index in [1.165, 1.54) is 31.7 Å². The van der Waals surface area contributed by atoms with Gasteiger partial charge in [-0.3, -0.25) is 0 Å². The number of fused-ring (bicyclic) bond motifs is 1. The average molecular weight is 271 g/mol. The van der Waals surface area contributed by atoms with Gasteiger partial charge in [0.1, 0.15) is 0 Å². The second-order valence-corrected chi connectivity index (χ2v) is 5.29. The van der Waals surface area contributed by atoms with Gasteiger partial charge in [-0.1, -0.05) is 31.0 Å². The van der Waals surface area contributed by atoms with Crippen LogP contribution in [0.25, 0.3) is 10.9 Å². The standard InChI is InChI=1S/C16H17NO3/c18-16(19)13-9-15(20-10-11-5-1-2-6-11)17-14-8-4-3-7-12(13)14/h3-4,7-9,11H,1-2,5-6,10H2,(H,18,19). The van der Waals surface area contributed by atoms with E-state index in [0.29, 0.717) is 29.3 Å². The van der Waals surface area contributed by atoms with Crippen LogP contribution >= 0.6 is 0 Å². The van der Waals surface area contributed by atoms with Gasteiger partial charge in [0.15, 0.2) is 0 Å². The van der Waals surface area contributed by atoms with E-state index >= 15 is 0 Å². The Morgan fingerprint density at radius 3 is 2.80 bits per heavy atom. The molecule has 2 aromatic rings. The second kappa shape index (κ2) is 5.49. The molecule has 0 bridgehead atoms. The Labute approximate surface area is 117 Å². The highest BCUT2D eigenvalue weighted by Gasteiger charge is 2.17. The van der Waals surface area contributed by atoms with Gasteiger partial charge in [0.25, 0.3) is 0 Å². The first-order valence-electron chi connectivity index (χ1n) is 7.00. The van der Waals surface area contributed by atoms with E-state index < -0.39 is 5.97 Å². The third-order valence-corrected chi connectivity index (χ3v) is 3.86. The second-order valence-electron chi connectivity index (χ2n) is 5.29. The molecule has 0 saturated heterocycles. The minimum atomic E-state index is -0.950. The summed E-state index contributed by atoms with van der Waals surface area (Å²) in [5.41, 5.74) is 0.908. The van der Waals surface area contributed by atoms with Gasteiger partial charge in [-0.2, -0.15) is 0 Å². The lowest BCUT2D eigenvalue weighted by atomic mass is 10.1. The minimum Gasteiger partial charge on any atom is -0.478 e. The number of hydrogen-bond acceptors (Lipinski definition) is 3. The summed E-state index contributed by atoms with van der Waals surface area (Å²) < 4.78 is 5.71. The number of rotatable bonds is 4. The summed E-state index contributed by atoms with van der Waals surface area (Å²) in [5.74, 6) is 0.0406. The molecule has 1 saturated carbocycles. The smallest absolute Gasteiger partial charge is 0.336 e. The molecule has 0 aliphatic heterocycles. The molecule has 1 aromatic heterocycles. The normalized spacial score (nSPS) is 15.6. The number of ether oxygens (including phenoxy) is 1. The molecule has 1 aliphatic carbocycles. The summed E-state index contributed by atoms with van der Waals surface area (Å²) >= 11 is 0. The summed E-state index contributed by atoms with van der Waals surface area (Å²) in [4.78, 5) is 15.7. The largest absolute Gasteiger partial charge is 0.478 e. The monoisotopic (exact) mass is 271 g/mol. The lowest BCUT2D eigenvalue weighted by Crippen LogP contribution is -2.10. The summed E-state index contributed by atoms with van der Waals surface area (Å²) in [5, 5.41) is 9.95. The first-order valence-corrected chi connectivity index (χ1v) is 7.00. The first kappa shape index (κ1) is 12.9. The zero-order valence-electron chi connectivity index (χ0n) is 11.2. The van der Waals surface area contributed by atoms with E-state index in [9.17, 15) is 9.90 Å². The Morgan fingerprint density at radius 1 is 1.30 bits per heavy atom. The lowest BCUT2D eigenvalue weighted by molar-refractivity contribution is 0.0698. The van der Waals surface area contributed by atoms with Crippen molar-refractivity contribution in [3.05, 3.63) is 35.9 Å². The molecule has 1 aromatic carbocycles. The SMILES string of the molecule is O=C(O)c1cc(OCC2CCCC2)nc2ccccc12. The number of benzene rings is 1. The Hall–Kier alpha value is -2.10. The highest BCUT2D eigenvalue weighted by atomic mass is 16.5. The van der Waals surface area contributed by atoms with Crippen LogP contribution in [0.1, 0.15) is 36.0 Å². The Morgan fingerprint density at radius 2 is 2.05 bits per heavy atom. The zero-order chi connectivity index (χ0) is 13.9. The number of aromatic nitrogens is 1. The van der Waals surface area contributed by atoms with Crippen LogP contribution in [-0.2, 0) is 0 Å². The van der Waals surface area contributed by atoms with Crippen LogP contribution in [0.5, 0.6) is 5.88 Å². The van der Waals surface area contributed by atoms with E-state index in [1.54, 1.807) is 6.07 Å². The van der Waals surface area contributed by atoms with Crippen molar-refractivity contribution < 1.29 is 14.6 Å². The maximum Gasteiger partial charge on any atom is 0.336 e. The molecule has 0 spiro atoms. The number of aromatic carboxylic acids is 1. The van der Waals surface area contributed by atoms with Crippen LogP contribution in [-0.4, -0.2) is 22.7 Å². The third kappa shape index (κ3) is 2.59. The Kier molecular flexibility index (Phi) is 3.54. The van der Waals surface area contributed by atoms with Crippen molar-refractivity contribution in [3.63, 3.8) is 0 Å². The fourth-order valence-corrected chi connectivity index (χ4v) is 2.78. The summed E-state index contributed by atoms with van der Waals surface area (Å²) in [6.07, 6.45) is 4.91. The fourth-order valence-electron chi connectivity index (χ4n) is 2.78. The van der Waals surface area contributed by atoms with Gasteiger partial charge >= 0.3 is 5.97 Å². The fraction of sp³-hybridized carbons (Fsp3) is 0.375. The summed E-state index contributed by atoms with van der Waals surface area (Å²) in [6.45, 7) is 0.629. The quantitative estimate of drug-likeness (QED) is 0.924. The molecule has 0 unspecified atom stereocenters. The van der Waals surface area contributed by atoms with Crippen molar-refractivity contribution in [1.82, 2.24) is 4.98 Å². The zero-order valence-corrected chi connectivity index (χ0v) is 11.2. The number of pyridine rings is 1. The Bertz CT molecular complexity index is 633. The predicted octanol–water partition coefficient (Wildman–Crippen LogP) is 3.50. The number of para-hydroxylation sites is 1. The van der Waals surface area contributed by atoms with Crippen LogP contribution in [0.2, 0.25) is 0 Å². The van der Waals surface area contributed by atoms with Crippen LogP contribution in [0.4, 0.5) is 0 Å². The average Bonchev–Trinajstić information content (AvgIpc) is 2.97. The molecule has 3 rings (SSSR count). The minimum absolute atomic E-state index is 0.247. The number of carboxylic acids is 1. The van der Waals surface area contributed by atoms with Gasteiger partial charge in [-0.15, -0.1) is 0 Å². The van der Waals surface area contributed by atoms with Crippen molar-refractivity contribution in [2.24, 2.45) is 5.92 Å². The lowest BCUT2D eigenvalue weighted by Gasteiger charge is -2.12. The van der Waals surface area contributed by atoms with E-state index in [4.69, 9.17) is 4.74 Å². The van der Waals surface area contributed by atoms with Gasteiger partial charge in [0.05, 0.1) is 17.7 Å². The van der Waals surface area contributed by atoms with Crippen molar-refractivity contribution in [3.8, 4) is 5.88 Å². The van der Waals surface area contributed by atoms with E-state index in [0.717, 1.165) is 0 Å². The first-order chi connectivity index (χ1) is 9.74. The van der Waals surface area contributed by atoms with Gasteiger partial charge in [0, 0.05) is 11.5 Å². The molecule has 0 radical (unpaired) electrons. The van der Waals surface area contributed by atoms with E-state index in [2.05, 4.69) is 4.98 Å². The van der Waals surface area contributed by atoms with E-state index in [1.807, 2.05) is 18.2 Å². The highest BCUT2D eigenvalue weighted by molar-refractivity contribution is 6.02. The van der Waals surface area contributed by atoms with Gasteiger partial charge in [0.2, 0.25) is 5.88 Å².